The maximum atomic E-state index is 12.3. The van der Waals surface area contributed by atoms with Gasteiger partial charge in [0.05, 0.1) is 0 Å². The molecule has 138 valence electrons. The molecular formula is C20H31N3O2. The van der Waals surface area contributed by atoms with Gasteiger partial charge >= 0.3 is 0 Å². The van der Waals surface area contributed by atoms with Gasteiger partial charge in [0.1, 0.15) is 0 Å². The van der Waals surface area contributed by atoms with Crippen LogP contribution in [-0.2, 0) is 6.54 Å². The summed E-state index contributed by atoms with van der Waals surface area (Å²) in [5, 5.41) is 12.3. The van der Waals surface area contributed by atoms with E-state index in [2.05, 4.69) is 27.2 Å². The third-order valence-corrected chi connectivity index (χ3v) is 5.40. The number of hydrogen-bond donors (Lipinski definition) is 2. The first kappa shape index (κ1) is 18.4. The Kier molecular flexibility index (Phi) is 6.84. The van der Waals surface area contributed by atoms with Crippen molar-refractivity contribution in [3.63, 3.8) is 0 Å². The Morgan fingerprint density at radius 3 is 2.52 bits per heavy atom. The monoisotopic (exact) mass is 345 g/mol. The number of hydrogen-bond acceptors (Lipinski definition) is 4. The molecule has 2 saturated heterocycles. The largest absolute Gasteiger partial charge is 0.396 e. The minimum Gasteiger partial charge on any atom is -0.396 e. The van der Waals surface area contributed by atoms with Gasteiger partial charge in [-0.05, 0) is 68.9 Å². The van der Waals surface area contributed by atoms with Crippen LogP contribution in [0.2, 0.25) is 0 Å². The Morgan fingerprint density at radius 1 is 1.08 bits per heavy atom. The van der Waals surface area contributed by atoms with Gasteiger partial charge < -0.3 is 15.3 Å². The van der Waals surface area contributed by atoms with E-state index in [4.69, 9.17) is 0 Å². The van der Waals surface area contributed by atoms with Gasteiger partial charge in [0.25, 0.3) is 5.91 Å². The quantitative estimate of drug-likeness (QED) is 0.790. The van der Waals surface area contributed by atoms with Gasteiger partial charge in [-0.3, -0.25) is 9.69 Å². The molecule has 0 radical (unpaired) electrons. The fraction of sp³-hybridized carbons (Fsp3) is 0.650. The van der Waals surface area contributed by atoms with Crippen LogP contribution >= 0.6 is 0 Å². The van der Waals surface area contributed by atoms with E-state index < -0.39 is 0 Å². The van der Waals surface area contributed by atoms with Crippen molar-refractivity contribution in [3.8, 4) is 0 Å². The van der Waals surface area contributed by atoms with Crippen LogP contribution in [0.15, 0.2) is 24.3 Å². The molecule has 0 saturated carbocycles. The van der Waals surface area contributed by atoms with E-state index in [-0.39, 0.29) is 12.5 Å². The number of aliphatic hydroxyl groups is 1. The summed E-state index contributed by atoms with van der Waals surface area (Å²) in [6.45, 7) is 7.16. The van der Waals surface area contributed by atoms with Crippen LogP contribution in [0.1, 0.15) is 41.6 Å². The van der Waals surface area contributed by atoms with Crippen LogP contribution in [-0.4, -0.2) is 66.7 Å². The number of benzene rings is 1. The number of amides is 1. The first-order valence-electron chi connectivity index (χ1n) is 9.67. The van der Waals surface area contributed by atoms with E-state index in [1.54, 1.807) is 0 Å². The molecule has 1 aromatic rings. The minimum atomic E-state index is 0.00319. The van der Waals surface area contributed by atoms with E-state index in [9.17, 15) is 9.90 Å². The molecule has 3 rings (SSSR count). The Balaban J connectivity index is 1.40. The molecule has 5 heteroatoms. The summed E-state index contributed by atoms with van der Waals surface area (Å²) in [6, 6.07) is 8.01. The third-order valence-electron chi connectivity index (χ3n) is 5.40. The van der Waals surface area contributed by atoms with Crippen LogP contribution in [0.5, 0.6) is 0 Å². The maximum Gasteiger partial charge on any atom is 0.251 e. The lowest BCUT2D eigenvalue weighted by Crippen LogP contribution is -2.41. The lowest BCUT2D eigenvalue weighted by atomic mass is 9.99. The minimum absolute atomic E-state index is 0.00319. The molecule has 0 spiro atoms. The molecule has 2 aliphatic rings. The molecule has 1 amide bonds. The molecule has 1 aromatic carbocycles. The highest BCUT2D eigenvalue weighted by atomic mass is 16.3. The SMILES string of the molecule is O=C(NCCN1CCCC(CO)C1)c1ccc(CN2CCCC2)cc1. The van der Waals surface area contributed by atoms with Gasteiger partial charge in [-0.1, -0.05) is 12.1 Å². The molecule has 0 aliphatic carbocycles. The van der Waals surface area contributed by atoms with Crippen molar-refractivity contribution in [1.82, 2.24) is 15.1 Å². The summed E-state index contributed by atoms with van der Waals surface area (Å²) in [5.74, 6) is 0.399. The number of carbonyl (C=O) groups excluding carboxylic acids is 1. The molecular weight excluding hydrogens is 314 g/mol. The second-order valence-corrected chi connectivity index (χ2v) is 7.43. The van der Waals surface area contributed by atoms with Gasteiger partial charge in [0, 0.05) is 38.3 Å². The molecule has 25 heavy (non-hydrogen) atoms. The average molecular weight is 345 g/mol. The molecule has 2 fully saturated rings. The number of rotatable bonds is 7. The van der Waals surface area contributed by atoms with Crippen molar-refractivity contribution in [2.75, 3.05) is 45.9 Å². The van der Waals surface area contributed by atoms with Crippen molar-refractivity contribution < 1.29 is 9.90 Å². The second kappa shape index (κ2) is 9.32. The van der Waals surface area contributed by atoms with Crippen LogP contribution in [0, 0.1) is 5.92 Å². The number of likely N-dealkylation sites (tertiary alicyclic amines) is 2. The van der Waals surface area contributed by atoms with Gasteiger partial charge in [0.2, 0.25) is 0 Å². The average Bonchev–Trinajstić information content (AvgIpc) is 3.15. The Bertz CT molecular complexity index is 540. The lowest BCUT2D eigenvalue weighted by molar-refractivity contribution is 0.0930. The summed E-state index contributed by atoms with van der Waals surface area (Å²) < 4.78 is 0. The van der Waals surface area contributed by atoms with Crippen molar-refractivity contribution in [3.05, 3.63) is 35.4 Å². The van der Waals surface area contributed by atoms with E-state index in [1.165, 1.54) is 31.5 Å². The van der Waals surface area contributed by atoms with Crippen LogP contribution in [0.4, 0.5) is 0 Å². The van der Waals surface area contributed by atoms with Gasteiger partial charge in [-0.2, -0.15) is 0 Å². The maximum absolute atomic E-state index is 12.3. The van der Waals surface area contributed by atoms with Crippen LogP contribution in [0.3, 0.4) is 0 Å². The smallest absolute Gasteiger partial charge is 0.251 e. The van der Waals surface area contributed by atoms with E-state index >= 15 is 0 Å². The van der Waals surface area contributed by atoms with E-state index in [0.717, 1.165) is 44.6 Å². The van der Waals surface area contributed by atoms with E-state index in [1.807, 2.05) is 12.1 Å². The summed E-state index contributed by atoms with van der Waals surface area (Å²) in [5.41, 5.74) is 2.01. The highest BCUT2D eigenvalue weighted by molar-refractivity contribution is 5.94. The number of nitrogens with zero attached hydrogens (tertiary/aromatic N) is 2. The Hall–Kier alpha value is -1.43. The summed E-state index contributed by atoms with van der Waals surface area (Å²) in [7, 11) is 0. The number of aliphatic hydroxyl groups excluding tert-OH is 1. The number of carbonyl (C=O) groups is 1. The summed E-state index contributed by atoms with van der Waals surface area (Å²) in [4.78, 5) is 17.1. The highest BCUT2D eigenvalue weighted by Gasteiger charge is 2.19. The van der Waals surface area contributed by atoms with Crippen molar-refractivity contribution in [1.29, 1.82) is 0 Å². The molecule has 0 bridgehead atoms. The van der Waals surface area contributed by atoms with Crippen molar-refractivity contribution in [2.45, 2.75) is 32.2 Å². The first-order valence-corrected chi connectivity index (χ1v) is 9.67. The highest BCUT2D eigenvalue weighted by Crippen LogP contribution is 2.15. The molecule has 1 atom stereocenters. The van der Waals surface area contributed by atoms with Crippen molar-refractivity contribution in [2.24, 2.45) is 5.92 Å². The zero-order valence-electron chi connectivity index (χ0n) is 15.1. The summed E-state index contributed by atoms with van der Waals surface area (Å²) in [6.07, 6.45) is 4.86. The Morgan fingerprint density at radius 2 is 1.80 bits per heavy atom. The Labute approximate surface area is 151 Å². The predicted molar refractivity (Wildman–Crippen MR) is 99.5 cm³/mol. The van der Waals surface area contributed by atoms with Crippen LogP contribution in [0.25, 0.3) is 0 Å². The lowest BCUT2D eigenvalue weighted by Gasteiger charge is -2.31. The number of nitrogens with one attached hydrogen (secondary N) is 1. The molecule has 1 unspecified atom stereocenters. The zero-order valence-corrected chi connectivity index (χ0v) is 15.1. The fourth-order valence-corrected chi connectivity index (χ4v) is 3.89. The fourth-order valence-electron chi connectivity index (χ4n) is 3.89. The summed E-state index contributed by atoms with van der Waals surface area (Å²) >= 11 is 0. The molecule has 2 N–H and O–H groups in total. The van der Waals surface area contributed by atoms with Crippen LogP contribution < -0.4 is 5.32 Å². The second-order valence-electron chi connectivity index (χ2n) is 7.43. The van der Waals surface area contributed by atoms with Gasteiger partial charge in [-0.25, -0.2) is 0 Å². The number of piperidine rings is 1. The normalized spacial score (nSPS) is 22.2. The molecule has 2 aliphatic heterocycles. The zero-order chi connectivity index (χ0) is 17.5. The molecule has 0 aromatic heterocycles. The first-order chi connectivity index (χ1) is 12.2. The standard InChI is InChI=1S/C20H31N3O2/c24-16-18-4-3-12-23(15-18)13-9-21-20(25)19-7-5-17(6-8-19)14-22-10-1-2-11-22/h5-8,18,24H,1-4,9-16H2,(H,21,25). The predicted octanol–water partition coefficient (Wildman–Crippen LogP) is 1.72. The molecule has 5 nitrogen and oxygen atoms in total. The molecule has 2 heterocycles. The van der Waals surface area contributed by atoms with Gasteiger partial charge in [0.15, 0.2) is 0 Å². The van der Waals surface area contributed by atoms with Crippen molar-refractivity contribution >= 4 is 5.91 Å². The third kappa shape index (κ3) is 5.53. The van der Waals surface area contributed by atoms with E-state index in [0.29, 0.717) is 12.5 Å². The van der Waals surface area contributed by atoms with Gasteiger partial charge in [-0.15, -0.1) is 0 Å². The topological polar surface area (TPSA) is 55.8 Å².